The molecule has 0 saturated carbocycles. The molecule has 3 rings (SSSR count). The zero-order valence-electron chi connectivity index (χ0n) is 12.7. The average molecular weight is 302 g/mol. The lowest BCUT2D eigenvalue weighted by Gasteiger charge is -2.21. The van der Waals surface area contributed by atoms with E-state index in [-0.39, 0.29) is 0 Å². The van der Waals surface area contributed by atoms with Crippen molar-refractivity contribution in [1.29, 1.82) is 0 Å². The fraction of sp³-hybridized carbons (Fsp3) is 0.0476. The van der Waals surface area contributed by atoms with Gasteiger partial charge in [-0.1, -0.05) is 97.1 Å². The van der Waals surface area contributed by atoms with Crippen molar-refractivity contribution in [3.63, 3.8) is 0 Å². The van der Waals surface area contributed by atoms with E-state index in [2.05, 4.69) is 98.4 Å². The van der Waals surface area contributed by atoms with Gasteiger partial charge in [0.05, 0.1) is 0 Å². The summed E-state index contributed by atoms with van der Waals surface area (Å²) in [6.07, 6.45) is 0. The van der Waals surface area contributed by atoms with Crippen LogP contribution in [0.5, 0.6) is 0 Å². The number of hydrogen-bond acceptors (Lipinski definition) is 0. The molecule has 0 saturated heterocycles. The summed E-state index contributed by atoms with van der Waals surface area (Å²) in [6.45, 7) is 6.58. The van der Waals surface area contributed by atoms with Crippen LogP contribution in [0.1, 0.15) is 11.1 Å². The van der Waals surface area contributed by atoms with Crippen molar-refractivity contribution in [3.8, 4) is 0 Å². The topological polar surface area (TPSA) is 0 Å². The monoisotopic (exact) mass is 302 g/mol. The van der Waals surface area contributed by atoms with E-state index in [9.17, 15) is 0 Å². The van der Waals surface area contributed by atoms with Gasteiger partial charge in [0, 0.05) is 0 Å². The van der Waals surface area contributed by atoms with Crippen LogP contribution in [0.15, 0.2) is 91.5 Å². The Kier molecular flexibility index (Phi) is 4.51. The Morgan fingerprint density at radius 2 is 1.27 bits per heavy atom. The van der Waals surface area contributed by atoms with Crippen molar-refractivity contribution in [1.82, 2.24) is 0 Å². The van der Waals surface area contributed by atoms with Gasteiger partial charge in [0.1, 0.15) is 0 Å². The average Bonchev–Trinajstić information content (AvgIpc) is 2.57. The zero-order valence-corrected chi connectivity index (χ0v) is 13.6. The van der Waals surface area contributed by atoms with Crippen LogP contribution >= 0.6 is 7.92 Å². The third-order valence-electron chi connectivity index (χ3n) is 3.65. The summed E-state index contributed by atoms with van der Waals surface area (Å²) in [7, 11) is -0.595. The highest BCUT2D eigenvalue weighted by Crippen LogP contribution is 2.47. The second-order valence-electron chi connectivity index (χ2n) is 5.32. The molecule has 0 bridgehead atoms. The summed E-state index contributed by atoms with van der Waals surface area (Å²) >= 11 is 0. The molecule has 0 heterocycles. The van der Waals surface area contributed by atoms with E-state index in [1.165, 1.54) is 27.1 Å². The molecule has 0 atom stereocenters. The van der Waals surface area contributed by atoms with Crippen LogP contribution in [0, 0.1) is 6.92 Å². The molecule has 3 aromatic rings. The molecule has 0 aliphatic rings. The minimum atomic E-state index is -0.595. The van der Waals surface area contributed by atoms with Crippen molar-refractivity contribution >= 4 is 23.8 Å². The molecule has 0 spiro atoms. The highest BCUT2D eigenvalue weighted by Gasteiger charge is 2.18. The Morgan fingerprint density at radius 1 is 0.727 bits per heavy atom. The summed E-state index contributed by atoms with van der Waals surface area (Å²) in [6, 6.07) is 30.0. The van der Waals surface area contributed by atoms with E-state index in [0.717, 1.165) is 0 Å². The molecule has 0 aliphatic carbocycles. The Balaban J connectivity index is 2.08. The normalized spacial score (nSPS) is 10.6. The maximum atomic E-state index is 4.45. The van der Waals surface area contributed by atoms with Gasteiger partial charge in [0.25, 0.3) is 0 Å². The number of benzene rings is 3. The van der Waals surface area contributed by atoms with Crippen LogP contribution in [0.2, 0.25) is 0 Å². The lowest BCUT2D eigenvalue weighted by atomic mass is 10.1. The molecular weight excluding hydrogens is 283 g/mol. The molecule has 0 nitrogen and oxygen atoms in total. The van der Waals surface area contributed by atoms with Crippen molar-refractivity contribution in [3.05, 3.63) is 103 Å². The second kappa shape index (κ2) is 6.73. The summed E-state index contributed by atoms with van der Waals surface area (Å²) in [5.74, 6) is 0. The Bertz CT molecular complexity index is 721. The van der Waals surface area contributed by atoms with Crippen molar-refractivity contribution in [2.24, 2.45) is 0 Å². The second-order valence-corrected chi connectivity index (χ2v) is 7.57. The van der Waals surface area contributed by atoms with Crippen LogP contribution in [-0.2, 0) is 0 Å². The van der Waals surface area contributed by atoms with Gasteiger partial charge in [-0.25, -0.2) is 0 Å². The number of hydrogen-bond donors (Lipinski definition) is 0. The molecule has 0 aliphatic heterocycles. The van der Waals surface area contributed by atoms with E-state index >= 15 is 0 Å². The first kappa shape index (κ1) is 14.8. The molecule has 0 radical (unpaired) electrons. The first-order valence-corrected chi connectivity index (χ1v) is 8.76. The van der Waals surface area contributed by atoms with E-state index in [0.29, 0.717) is 0 Å². The van der Waals surface area contributed by atoms with Crippen molar-refractivity contribution in [2.45, 2.75) is 6.92 Å². The van der Waals surface area contributed by atoms with Crippen molar-refractivity contribution < 1.29 is 0 Å². The molecule has 0 fully saturated rings. The molecule has 1 heteroatoms. The predicted octanol–water partition coefficient (Wildman–Crippen LogP) is 5.10. The van der Waals surface area contributed by atoms with Gasteiger partial charge in [-0.15, -0.1) is 0 Å². The Hall–Kier alpha value is -2.17. The fourth-order valence-electron chi connectivity index (χ4n) is 2.57. The maximum Gasteiger partial charge on any atom is -0.0134 e. The summed E-state index contributed by atoms with van der Waals surface area (Å²) in [5.41, 5.74) is 2.51. The first-order valence-electron chi connectivity index (χ1n) is 7.42. The van der Waals surface area contributed by atoms with Gasteiger partial charge in [-0.3, -0.25) is 0 Å². The lowest BCUT2D eigenvalue weighted by Crippen LogP contribution is -2.12. The van der Waals surface area contributed by atoms with Gasteiger partial charge >= 0.3 is 0 Å². The largest absolute Gasteiger partial charge is 0.0900 e. The summed E-state index contributed by atoms with van der Waals surface area (Å²) in [4.78, 5) is 0. The lowest BCUT2D eigenvalue weighted by molar-refractivity contribution is 1.46. The molecular formula is C21H19P. The standard InChI is InChI=1S/C21H19P/c1-17-10-9-11-19(16-17)18(2)22(20-12-5-3-6-13-20)21-14-7-4-8-15-21/h3-16H,2H2,1H3. The minimum Gasteiger partial charge on any atom is -0.0900 e. The third kappa shape index (κ3) is 3.18. The summed E-state index contributed by atoms with van der Waals surface area (Å²) < 4.78 is 0. The maximum absolute atomic E-state index is 4.45. The highest BCUT2D eigenvalue weighted by atomic mass is 31.1. The van der Waals surface area contributed by atoms with E-state index in [4.69, 9.17) is 0 Å². The summed E-state index contributed by atoms with van der Waals surface area (Å²) in [5, 5.41) is 3.89. The Morgan fingerprint density at radius 3 is 1.77 bits per heavy atom. The fourth-order valence-corrected chi connectivity index (χ4v) is 4.83. The SMILES string of the molecule is C=C(c1cccc(C)c1)P(c1ccccc1)c1ccccc1. The van der Waals surface area contributed by atoms with Crippen LogP contribution in [-0.4, -0.2) is 0 Å². The van der Waals surface area contributed by atoms with Gasteiger partial charge in [-0.05, 0) is 36.3 Å². The van der Waals surface area contributed by atoms with Gasteiger partial charge in [0.15, 0.2) is 0 Å². The number of aryl methyl sites for hydroxylation is 1. The molecule has 0 N–H and O–H groups in total. The quantitative estimate of drug-likeness (QED) is 0.588. The molecule has 22 heavy (non-hydrogen) atoms. The van der Waals surface area contributed by atoms with Gasteiger partial charge < -0.3 is 0 Å². The molecule has 108 valence electrons. The molecule has 0 unspecified atom stereocenters. The van der Waals surface area contributed by atoms with Crippen LogP contribution in [0.3, 0.4) is 0 Å². The van der Waals surface area contributed by atoms with Crippen LogP contribution in [0.4, 0.5) is 0 Å². The minimum absolute atomic E-state index is 0.595. The Labute approximate surface area is 133 Å². The molecule has 0 aromatic heterocycles. The predicted molar refractivity (Wildman–Crippen MR) is 99.3 cm³/mol. The molecule has 0 amide bonds. The first-order chi connectivity index (χ1) is 10.8. The van der Waals surface area contributed by atoms with Crippen molar-refractivity contribution in [2.75, 3.05) is 0 Å². The van der Waals surface area contributed by atoms with E-state index in [1.807, 2.05) is 0 Å². The van der Waals surface area contributed by atoms with E-state index < -0.39 is 7.92 Å². The molecule has 3 aromatic carbocycles. The zero-order chi connectivity index (χ0) is 15.4. The van der Waals surface area contributed by atoms with Gasteiger partial charge in [-0.2, -0.15) is 0 Å². The van der Waals surface area contributed by atoms with Gasteiger partial charge in [0.2, 0.25) is 0 Å². The third-order valence-corrected chi connectivity index (χ3v) is 6.08. The highest BCUT2D eigenvalue weighted by molar-refractivity contribution is 7.82. The smallest absolute Gasteiger partial charge is 0.0134 e. The van der Waals surface area contributed by atoms with Crippen LogP contribution < -0.4 is 10.6 Å². The van der Waals surface area contributed by atoms with Crippen LogP contribution in [0.25, 0.3) is 5.31 Å². The van der Waals surface area contributed by atoms with E-state index in [1.54, 1.807) is 0 Å². The number of rotatable bonds is 4.